The van der Waals surface area contributed by atoms with Gasteiger partial charge in [-0.1, -0.05) is 6.07 Å². The highest BCUT2D eigenvalue weighted by molar-refractivity contribution is 5.97. The fourth-order valence-corrected chi connectivity index (χ4v) is 4.40. The maximum atomic E-state index is 12.6. The second-order valence-corrected chi connectivity index (χ2v) is 8.02. The third-order valence-electron chi connectivity index (χ3n) is 5.96. The van der Waals surface area contributed by atoms with E-state index in [1.807, 2.05) is 17.0 Å². The number of nitrogens with one attached hydrogen (secondary N) is 2. The molecule has 1 aromatic carbocycles. The number of nitrogens with zero attached hydrogens (tertiary/aromatic N) is 2. The number of ether oxygens (including phenoxy) is 1. The van der Waals surface area contributed by atoms with Gasteiger partial charge >= 0.3 is 6.03 Å². The van der Waals surface area contributed by atoms with Crippen LogP contribution < -0.4 is 10.6 Å². The van der Waals surface area contributed by atoms with Crippen molar-refractivity contribution in [1.82, 2.24) is 15.1 Å². The van der Waals surface area contributed by atoms with Crippen molar-refractivity contribution >= 4 is 17.6 Å². The van der Waals surface area contributed by atoms with Crippen molar-refractivity contribution in [1.29, 1.82) is 0 Å². The molecule has 0 bridgehead atoms. The standard InChI is InChI=1S/C21H30N4O3/c26-20(24-9-2-1-3-10-24)16-6-4-7-17(12-16)23-21(27)22-13-19-14-25-11-5-8-18(25)15-28-19/h4,6-7,12,18-19H,1-3,5,8-11,13-15H2,(H2,22,23,27). The van der Waals surface area contributed by atoms with Crippen molar-refractivity contribution < 1.29 is 14.3 Å². The van der Waals surface area contributed by atoms with Gasteiger partial charge < -0.3 is 20.3 Å². The lowest BCUT2D eigenvalue weighted by molar-refractivity contribution is -0.0456. The molecule has 3 saturated heterocycles. The van der Waals surface area contributed by atoms with Crippen molar-refractivity contribution in [2.45, 2.75) is 44.2 Å². The Morgan fingerprint density at radius 2 is 1.96 bits per heavy atom. The van der Waals surface area contributed by atoms with E-state index in [2.05, 4.69) is 15.5 Å². The predicted octanol–water partition coefficient (Wildman–Crippen LogP) is 2.30. The molecule has 2 atom stereocenters. The summed E-state index contributed by atoms with van der Waals surface area (Å²) in [5.41, 5.74) is 1.25. The van der Waals surface area contributed by atoms with Crippen molar-refractivity contribution in [2.75, 3.05) is 44.6 Å². The number of anilines is 1. The highest BCUT2D eigenvalue weighted by Crippen LogP contribution is 2.22. The first-order chi connectivity index (χ1) is 13.7. The van der Waals surface area contributed by atoms with E-state index in [0.717, 1.165) is 45.6 Å². The topological polar surface area (TPSA) is 73.9 Å². The highest BCUT2D eigenvalue weighted by atomic mass is 16.5. The van der Waals surface area contributed by atoms with Gasteiger partial charge in [0.05, 0.1) is 12.7 Å². The number of fused-ring (bicyclic) bond motifs is 1. The first-order valence-electron chi connectivity index (χ1n) is 10.5. The van der Waals surface area contributed by atoms with Crippen LogP contribution in [0.1, 0.15) is 42.5 Å². The number of hydrogen-bond donors (Lipinski definition) is 2. The molecule has 7 nitrogen and oxygen atoms in total. The quantitative estimate of drug-likeness (QED) is 0.833. The number of amides is 3. The lowest BCUT2D eigenvalue weighted by Crippen LogP contribution is -2.50. The smallest absolute Gasteiger partial charge is 0.319 e. The average Bonchev–Trinajstić information content (AvgIpc) is 3.20. The predicted molar refractivity (Wildman–Crippen MR) is 108 cm³/mol. The zero-order valence-electron chi connectivity index (χ0n) is 16.4. The fourth-order valence-electron chi connectivity index (χ4n) is 4.40. The van der Waals surface area contributed by atoms with Crippen LogP contribution in [0.5, 0.6) is 0 Å². The molecule has 0 radical (unpaired) electrons. The lowest BCUT2D eigenvalue weighted by Gasteiger charge is -2.35. The van der Waals surface area contributed by atoms with Crippen LogP contribution in [0.25, 0.3) is 0 Å². The number of piperidine rings is 1. The average molecular weight is 386 g/mol. The number of carbonyl (C=O) groups is 2. The molecule has 1 aromatic rings. The third-order valence-corrected chi connectivity index (χ3v) is 5.96. The molecular weight excluding hydrogens is 356 g/mol. The molecule has 0 spiro atoms. The summed E-state index contributed by atoms with van der Waals surface area (Å²) in [7, 11) is 0. The van der Waals surface area contributed by atoms with Crippen LogP contribution in [0.2, 0.25) is 0 Å². The van der Waals surface area contributed by atoms with Crippen LogP contribution in [-0.2, 0) is 4.74 Å². The summed E-state index contributed by atoms with van der Waals surface area (Å²) in [5, 5.41) is 5.73. The molecule has 3 aliphatic rings. The van der Waals surface area contributed by atoms with E-state index < -0.39 is 0 Å². The summed E-state index contributed by atoms with van der Waals surface area (Å²) in [6, 6.07) is 7.47. The first-order valence-corrected chi connectivity index (χ1v) is 10.5. The molecule has 7 heteroatoms. The van der Waals surface area contributed by atoms with Crippen molar-refractivity contribution in [3.8, 4) is 0 Å². The molecule has 152 valence electrons. The van der Waals surface area contributed by atoms with Gasteiger partial charge in [0, 0.05) is 43.5 Å². The number of hydrogen-bond acceptors (Lipinski definition) is 4. The highest BCUT2D eigenvalue weighted by Gasteiger charge is 2.32. The number of benzene rings is 1. The van der Waals surface area contributed by atoms with Gasteiger partial charge in [-0.05, 0) is 56.8 Å². The Balaban J connectivity index is 1.26. The Hall–Kier alpha value is -2.12. The Labute approximate surface area is 166 Å². The minimum absolute atomic E-state index is 0.0344. The minimum atomic E-state index is -0.269. The van der Waals surface area contributed by atoms with E-state index >= 15 is 0 Å². The molecule has 0 aliphatic carbocycles. The lowest BCUT2D eigenvalue weighted by atomic mass is 10.1. The van der Waals surface area contributed by atoms with Gasteiger partial charge in [-0.15, -0.1) is 0 Å². The number of morpholine rings is 1. The van der Waals surface area contributed by atoms with Crippen LogP contribution in [0, 0.1) is 0 Å². The molecule has 2 N–H and O–H groups in total. The molecule has 0 aromatic heterocycles. The number of urea groups is 1. The van der Waals surface area contributed by atoms with Crippen molar-refractivity contribution in [3.05, 3.63) is 29.8 Å². The van der Waals surface area contributed by atoms with E-state index in [4.69, 9.17) is 4.74 Å². The summed E-state index contributed by atoms with van der Waals surface area (Å²) in [6.07, 6.45) is 5.80. The Morgan fingerprint density at radius 1 is 1.11 bits per heavy atom. The molecule has 2 unspecified atom stereocenters. The SMILES string of the molecule is O=C(NCC1CN2CCCC2CO1)Nc1cccc(C(=O)N2CCCCC2)c1. The van der Waals surface area contributed by atoms with Gasteiger partial charge in [-0.3, -0.25) is 9.69 Å². The molecule has 0 saturated carbocycles. The molecule has 3 fully saturated rings. The maximum Gasteiger partial charge on any atom is 0.319 e. The first kappa shape index (κ1) is 19.2. The zero-order valence-corrected chi connectivity index (χ0v) is 16.4. The second-order valence-electron chi connectivity index (χ2n) is 8.02. The van der Waals surface area contributed by atoms with Gasteiger partial charge in [0.2, 0.25) is 0 Å². The van der Waals surface area contributed by atoms with Crippen molar-refractivity contribution in [3.63, 3.8) is 0 Å². The Kier molecular flexibility index (Phi) is 6.12. The van der Waals surface area contributed by atoms with Gasteiger partial charge in [0.25, 0.3) is 5.91 Å². The summed E-state index contributed by atoms with van der Waals surface area (Å²) < 4.78 is 5.88. The van der Waals surface area contributed by atoms with Gasteiger partial charge in [-0.2, -0.15) is 0 Å². The van der Waals surface area contributed by atoms with E-state index in [1.54, 1.807) is 12.1 Å². The van der Waals surface area contributed by atoms with Gasteiger partial charge in [0.1, 0.15) is 0 Å². The largest absolute Gasteiger partial charge is 0.373 e. The molecule has 3 amide bonds. The summed E-state index contributed by atoms with van der Waals surface area (Å²) >= 11 is 0. The van der Waals surface area contributed by atoms with Crippen LogP contribution in [-0.4, -0.2) is 73.2 Å². The van der Waals surface area contributed by atoms with E-state index in [1.165, 1.54) is 19.3 Å². The van der Waals surface area contributed by atoms with E-state index in [0.29, 0.717) is 23.8 Å². The molecule has 3 heterocycles. The summed E-state index contributed by atoms with van der Waals surface area (Å²) in [5.74, 6) is 0.0412. The zero-order chi connectivity index (χ0) is 19.3. The molecule has 3 aliphatic heterocycles. The summed E-state index contributed by atoms with van der Waals surface area (Å²) in [6.45, 7) is 4.89. The van der Waals surface area contributed by atoms with E-state index in [-0.39, 0.29) is 18.0 Å². The molecule has 28 heavy (non-hydrogen) atoms. The van der Waals surface area contributed by atoms with Crippen molar-refractivity contribution in [2.24, 2.45) is 0 Å². The van der Waals surface area contributed by atoms with Gasteiger partial charge in [0.15, 0.2) is 0 Å². The monoisotopic (exact) mass is 386 g/mol. The minimum Gasteiger partial charge on any atom is -0.373 e. The van der Waals surface area contributed by atoms with Crippen LogP contribution in [0.15, 0.2) is 24.3 Å². The number of likely N-dealkylation sites (tertiary alicyclic amines) is 1. The molecule has 4 rings (SSSR count). The maximum absolute atomic E-state index is 12.6. The second kappa shape index (κ2) is 8.92. The molecular formula is C21H30N4O3. The van der Waals surface area contributed by atoms with Crippen LogP contribution >= 0.6 is 0 Å². The number of carbonyl (C=O) groups excluding carboxylic acids is 2. The van der Waals surface area contributed by atoms with Crippen LogP contribution in [0.4, 0.5) is 10.5 Å². The van der Waals surface area contributed by atoms with Gasteiger partial charge in [-0.25, -0.2) is 4.79 Å². The van der Waals surface area contributed by atoms with E-state index in [9.17, 15) is 9.59 Å². The normalized spacial score (nSPS) is 25.2. The Morgan fingerprint density at radius 3 is 2.82 bits per heavy atom. The summed E-state index contributed by atoms with van der Waals surface area (Å²) in [4.78, 5) is 29.3. The third kappa shape index (κ3) is 4.64. The van der Waals surface area contributed by atoms with Crippen LogP contribution in [0.3, 0.4) is 0 Å². The Bertz CT molecular complexity index is 705. The number of rotatable bonds is 4. The fraction of sp³-hybridized carbons (Fsp3) is 0.619.